The molecule has 1 aliphatic heterocycles. The van der Waals surface area contributed by atoms with Gasteiger partial charge in [-0.25, -0.2) is 8.42 Å². The third-order valence-corrected chi connectivity index (χ3v) is 8.80. The zero-order valence-corrected chi connectivity index (χ0v) is 23.2. The molecular formula is C26H34N4O7S. The van der Waals surface area contributed by atoms with Gasteiger partial charge in [-0.3, -0.25) is 9.36 Å². The van der Waals surface area contributed by atoms with Gasteiger partial charge in [-0.05, 0) is 51.0 Å². The van der Waals surface area contributed by atoms with Crippen molar-refractivity contribution < 1.29 is 31.8 Å². The van der Waals surface area contributed by atoms with Crippen LogP contribution in [0.25, 0.3) is 17.3 Å². The number of para-hydroxylation sites is 1. The molecule has 0 spiro atoms. The number of hydrogen-bond donors (Lipinski definition) is 0. The van der Waals surface area contributed by atoms with Crippen LogP contribution < -0.4 is 9.47 Å². The van der Waals surface area contributed by atoms with Gasteiger partial charge in [0, 0.05) is 20.1 Å². The molecule has 1 fully saturated rings. The van der Waals surface area contributed by atoms with Gasteiger partial charge < -0.3 is 23.5 Å². The molecule has 0 bridgehead atoms. The first-order valence-corrected chi connectivity index (χ1v) is 14.1. The molecule has 3 aromatic rings. The van der Waals surface area contributed by atoms with Gasteiger partial charge in [0.2, 0.25) is 11.7 Å². The van der Waals surface area contributed by atoms with Crippen LogP contribution in [0.5, 0.6) is 11.5 Å². The maximum atomic E-state index is 13.7. The van der Waals surface area contributed by atoms with E-state index >= 15 is 0 Å². The molecule has 0 radical (unpaired) electrons. The number of amides is 1. The van der Waals surface area contributed by atoms with Crippen LogP contribution in [-0.2, 0) is 25.1 Å². The summed E-state index contributed by atoms with van der Waals surface area (Å²) in [6, 6.07) is 8.65. The highest BCUT2D eigenvalue weighted by Crippen LogP contribution is 2.37. The van der Waals surface area contributed by atoms with E-state index < -0.39 is 20.8 Å². The Morgan fingerprint density at radius 1 is 1.11 bits per heavy atom. The van der Waals surface area contributed by atoms with Gasteiger partial charge in [0.15, 0.2) is 21.4 Å². The van der Waals surface area contributed by atoms with E-state index in [2.05, 4.69) is 10.2 Å². The first kappa shape index (κ1) is 27.6. The van der Waals surface area contributed by atoms with Crippen LogP contribution in [0.2, 0.25) is 0 Å². The molecule has 1 amide bonds. The number of rotatable bonds is 11. The van der Waals surface area contributed by atoms with Gasteiger partial charge in [0.05, 0.1) is 32.1 Å². The van der Waals surface area contributed by atoms with Crippen LogP contribution in [-0.4, -0.2) is 79.8 Å². The summed E-state index contributed by atoms with van der Waals surface area (Å²) in [5.74, 6) is 1.98. The van der Waals surface area contributed by atoms with Crippen molar-refractivity contribution in [2.24, 2.45) is 0 Å². The third-order valence-electron chi connectivity index (χ3n) is 6.76. The molecule has 38 heavy (non-hydrogen) atoms. The topological polar surface area (TPSA) is 126 Å². The Morgan fingerprint density at radius 2 is 1.82 bits per heavy atom. The number of piperidine rings is 1. The molecular weight excluding hydrogens is 512 g/mol. The maximum Gasteiger partial charge on any atom is 0.222 e. The normalized spacial score (nSPS) is 17.0. The minimum absolute atomic E-state index is 0.0576. The minimum atomic E-state index is -3.78. The highest BCUT2D eigenvalue weighted by molar-refractivity contribution is 7.91. The third kappa shape index (κ3) is 5.56. The van der Waals surface area contributed by atoms with E-state index in [1.807, 2.05) is 0 Å². The summed E-state index contributed by atoms with van der Waals surface area (Å²) in [6.07, 6.45) is 1.95. The molecule has 0 aliphatic carbocycles. The number of likely N-dealkylation sites (tertiary alicyclic amines) is 1. The molecule has 2 atom stereocenters. The Kier molecular flexibility index (Phi) is 8.41. The first-order chi connectivity index (χ1) is 18.2. The Morgan fingerprint density at radius 3 is 2.42 bits per heavy atom. The van der Waals surface area contributed by atoms with Gasteiger partial charge in [-0.2, -0.15) is 0 Å². The van der Waals surface area contributed by atoms with Gasteiger partial charge in [-0.15, -0.1) is 10.2 Å². The average molecular weight is 547 g/mol. The lowest BCUT2D eigenvalue weighted by atomic mass is 10.0. The highest BCUT2D eigenvalue weighted by atomic mass is 32.2. The summed E-state index contributed by atoms with van der Waals surface area (Å²) in [6.45, 7) is 3.86. The number of aryl methyl sites for hydroxylation is 1. The Labute approximate surface area is 222 Å². The highest BCUT2D eigenvalue weighted by Gasteiger charge is 2.34. The summed E-state index contributed by atoms with van der Waals surface area (Å²) in [7, 11) is 0.835. The van der Waals surface area contributed by atoms with E-state index in [9.17, 15) is 13.2 Å². The maximum absolute atomic E-state index is 13.7. The monoisotopic (exact) mass is 546 g/mol. The smallest absolute Gasteiger partial charge is 0.222 e. The molecule has 11 nitrogen and oxygen atoms in total. The Bertz CT molecular complexity index is 1360. The number of ether oxygens (including phenoxy) is 3. The Hall–Kier alpha value is -3.38. The zero-order valence-electron chi connectivity index (χ0n) is 22.3. The number of carbonyl (C=O) groups is 1. The SMILES string of the molecule is COC[C@H]1CCCC(=O)N1C[C@H](C)S(=O)(=O)Cc1nnc(-c2ccc(C)o2)n1-c1c(OC)cccc1OC. The van der Waals surface area contributed by atoms with Gasteiger partial charge in [0.25, 0.3) is 0 Å². The van der Waals surface area contributed by atoms with Gasteiger partial charge in [-0.1, -0.05) is 6.07 Å². The zero-order chi connectivity index (χ0) is 27.4. The predicted octanol–water partition coefficient (Wildman–Crippen LogP) is 3.18. The van der Waals surface area contributed by atoms with Crippen LogP contribution in [0.15, 0.2) is 34.7 Å². The molecule has 206 valence electrons. The van der Waals surface area contributed by atoms with Crippen molar-refractivity contribution in [3.63, 3.8) is 0 Å². The molecule has 4 rings (SSSR count). The molecule has 1 aliphatic rings. The fraction of sp³-hybridized carbons (Fsp3) is 0.500. The van der Waals surface area contributed by atoms with E-state index in [0.717, 1.165) is 12.8 Å². The summed E-state index contributed by atoms with van der Waals surface area (Å²) < 4.78 is 51.2. The number of nitrogens with zero attached hydrogens (tertiary/aromatic N) is 4. The van der Waals surface area contributed by atoms with Crippen molar-refractivity contribution in [2.45, 2.75) is 50.2 Å². The number of furan rings is 1. The molecule has 1 saturated heterocycles. The number of methoxy groups -OCH3 is 3. The lowest BCUT2D eigenvalue weighted by molar-refractivity contribution is -0.137. The summed E-state index contributed by atoms with van der Waals surface area (Å²) in [4.78, 5) is 14.3. The molecule has 3 heterocycles. The van der Waals surface area contributed by atoms with Crippen molar-refractivity contribution in [3.05, 3.63) is 41.9 Å². The predicted molar refractivity (Wildman–Crippen MR) is 140 cm³/mol. The van der Waals surface area contributed by atoms with Crippen LogP contribution in [0.3, 0.4) is 0 Å². The van der Waals surface area contributed by atoms with Crippen molar-refractivity contribution in [2.75, 3.05) is 34.5 Å². The largest absolute Gasteiger partial charge is 0.494 e. The van der Waals surface area contributed by atoms with Crippen molar-refractivity contribution >= 4 is 15.7 Å². The second kappa shape index (κ2) is 11.6. The van der Waals surface area contributed by atoms with E-state index in [4.69, 9.17) is 18.6 Å². The number of aromatic nitrogens is 3. The van der Waals surface area contributed by atoms with E-state index in [1.165, 1.54) is 14.2 Å². The number of hydrogen-bond acceptors (Lipinski definition) is 9. The molecule has 0 unspecified atom stereocenters. The first-order valence-electron chi connectivity index (χ1n) is 12.4. The molecule has 0 N–H and O–H groups in total. The van der Waals surface area contributed by atoms with Gasteiger partial charge >= 0.3 is 0 Å². The van der Waals surface area contributed by atoms with Crippen molar-refractivity contribution in [1.29, 1.82) is 0 Å². The van der Waals surface area contributed by atoms with E-state index in [0.29, 0.717) is 47.6 Å². The van der Waals surface area contributed by atoms with Crippen molar-refractivity contribution in [1.82, 2.24) is 19.7 Å². The quantitative estimate of drug-likeness (QED) is 0.356. The van der Waals surface area contributed by atoms with Crippen LogP contribution >= 0.6 is 0 Å². The summed E-state index contributed by atoms with van der Waals surface area (Å²) in [5.41, 5.74) is 0.454. The standard InChI is InChI=1S/C26H34N4O7S/c1-17-12-13-22(37-17)26-28-27-23(30(26)25-20(35-4)9-7-10-21(25)36-5)16-38(32,33)18(2)14-29-19(15-34-3)8-6-11-24(29)31/h7,9-10,12-13,18-19H,6,8,11,14-16H2,1-5H3/t18-,19+/m0/s1. The summed E-state index contributed by atoms with van der Waals surface area (Å²) in [5, 5.41) is 7.72. The van der Waals surface area contributed by atoms with E-state index in [1.54, 1.807) is 60.8 Å². The second-order valence-corrected chi connectivity index (χ2v) is 11.8. The van der Waals surface area contributed by atoms with Crippen molar-refractivity contribution in [3.8, 4) is 28.8 Å². The minimum Gasteiger partial charge on any atom is -0.494 e. The number of carbonyl (C=O) groups excluding carboxylic acids is 1. The number of benzene rings is 1. The lowest BCUT2D eigenvalue weighted by Crippen LogP contribution is -2.50. The fourth-order valence-electron chi connectivity index (χ4n) is 4.73. The average Bonchev–Trinajstić information content (AvgIpc) is 3.50. The van der Waals surface area contributed by atoms with E-state index in [-0.39, 0.29) is 24.3 Å². The number of sulfone groups is 1. The van der Waals surface area contributed by atoms with Crippen LogP contribution in [0, 0.1) is 6.92 Å². The van der Waals surface area contributed by atoms with Crippen LogP contribution in [0.4, 0.5) is 0 Å². The second-order valence-electron chi connectivity index (χ2n) is 9.36. The Balaban J connectivity index is 1.73. The summed E-state index contributed by atoms with van der Waals surface area (Å²) >= 11 is 0. The molecule has 1 aromatic carbocycles. The fourth-order valence-corrected chi connectivity index (χ4v) is 5.95. The van der Waals surface area contributed by atoms with Gasteiger partial charge in [0.1, 0.15) is 28.7 Å². The molecule has 0 saturated carbocycles. The van der Waals surface area contributed by atoms with Crippen LogP contribution in [0.1, 0.15) is 37.8 Å². The molecule has 2 aromatic heterocycles. The lowest BCUT2D eigenvalue weighted by Gasteiger charge is -2.36. The molecule has 12 heteroatoms.